The van der Waals surface area contributed by atoms with Crippen LogP contribution in [0.15, 0.2) is 12.1 Å². The van der Waals surface area contributed by atoms with Crippen LogP contribution in [-0.4, -0.2) is 26.9 Å². The van der Waals surface area contributed by atoms with Crippen molar-refractivity contribution >= 4 is 11.6 Å². The Balaban J connectivity index is 2.56. The van der Waals surface area contributed by atoms with Crippen LogP contribution in [0, 0.1) is 0 Å². The van der Waals surface area contributed by atoms with Gasteiger partial charge >= 0.3 is 0 Å². The monoisotopic (exact) mass is 287 g/mol. The molecule has 19 heavy (non-hydrogen) atoms. The summed E-state index contributed by atoms with van der Waals surface area (Å²) in [6.07, 6.45) is 2.20. The van der Waals surface area contributed by atoms with E-state index in [9.17, 15) is 0 Å². The first-order valence-electron chi connectivity index (χ1n) is 6.50. The standard InChI is InChI=1S/C14H22ClNO3/c1-3-4-5-18-6-7-19-14-11(10-16)8-12(15)9-13(14)17-2/h8-9H,3-7,10,16H2,1-2H3. The van der Waals surface area contributed by atoms with Gasteiger partial charge in [-0.05, 0) is 12.5 Å². The minimum atomic E-state index is 0.350. The Bertz CT molecular complexity index is 360. The molecular formula is C14H22ClNO3. The summed E-state index contributed by atoms with van der Waals surface area (Å²) in [5, 5.41) is 0.587. The maximum absolute atomic E-state index is 5.98. The first-order valence-corrected chi connectivity index (χ1v) is 6.87. The van der Waals surface area contributed by atoms with Gasteiger partial charge in [-0.2, -0.15) is 0 Å². The maximum atomic E-state index is 5.98. The van der Waals surface area contributed by atoms with Gasteiger partial charge in [0.25, 0.3) is 0 Å². The molecule has 0 saturated carbocycles. The lowest BCUT2D eigenvalue weighted by atomic mass is 10.2. The molecule has 0 aliphatic heterocycles. The molecule has 0 heterocycles. The molecule has 0 aromatic heterocycles. The molecule has 2 N–H and O–H groups in total. The number of nitrogens with two attached hydrogens (primary N) is 1. The summed E-state index contributed by atoms with van der Waals surface area (Å²) in [4.78, 5) is 0. The lowest BCUT2D eigenvalue weighted by Crippen LogP contribution is -2.10. The van der Waals surface area contributed by atoms with Crippen LogP contribution in [-0.2, 0) is 11.3 Å². The summed E-state index contributed by atoms with van der Waals surface area (Å²) in [7, 11) is 1.58. The summed E-state index contributed by atoms with van der Waals surface area (Å²) in [6, 6.07) is 3.51. The number of ether oxygens (including phenoxy) is 3. The van der Waals surface area contributed by atoms with Gasteiger partial charge in [-0.1, -0.05) is 24.9 Å². The molecule has 4 nitrogen and oxygen atoms in total. The molecule has 108 valence electrons. The first-order chi connectivity index (χ1) is 9.22. The predicted octanol–water partition coefficient (Wildman–Crippen LogP) is 3.00. The highest BCUT2D eigenvalue weighted by atomic mass is 35.5. The first kappa shape index (κ1) is 16.1. The van der Waals surface area contributed by atoms with E-state index in [1.165, 1.54) is 0 Å². The zero-order valence-corrected chi connectivity index (χ0v) is 12.3. The molecule has 1 rings (SSSR count). The largest absolute Gasteiger partial charge is 0.493 e. The Morgan fingerprint density at radius 2 is 2.00 bits per heavy atom. The fourth-order valence-electron chi connectivity index (χ4n) is 1.64. The van der Waals surface area contributed by atoms with E-state index in [2.05, 4.69) is 6.92 Å². The van der Waals surface area contributed by atoms with Gasteiger partial charge in [0.05, 0.1) is 13.7 Å². The number of rotatable bonds is 9. The molecule has 5 heteroatoms. The number of benzene rings is 1. The van der Waals surface area contributed by atoms with Gasteiger partial charge < -0.3 is 19.9 Å². The Kier molecular flexibility index (Phi) is 7.63. The van der Waals surface area contributed by atoms with Gasteiger partial charge in [-0.25, -0.2) is 0 Å². The van der Waals surface area contributed by atoms with E-state index in [4.69, 9.17) is 31.5 Å². The summed E-state index contributed by atoms with van der Waals surface area (Å²) < 4.78 is 16.4. The Morgan fingerprint density at radius 1 is 1.21 bits per heavy atom. The van der Waals surface area contributed by atoms with Crippen molar-refractivity contribution in [2.24, 2.45) is 5.73 Å². The summed E-state index contributed by atoms with van der Waals surface area (Å²) in [6.45, 7) is 4.26. The third-order valence-electron chi connectivity index (χ3n) is 2.65. The summed E-state index contributed by atoms with van der Waals surface area (Å²) >= 11 is 5.98. The fraction of sp³-hybridized carbons (Fsp3) is 0.571. The van der Waals surface area contributed by atoms with E-state index in [-0.39, 0.29) is 0 Å². The molecule has 1 aromatic carbocycles. The Morgan fingerprint density at radius 3 is 2.63 bits per heavy atom. The van der Waals surface area contributed by atoms with Crippen LogP contribution >= 0.6 is 11.6 Å². The van der Waals surface area contributed by atoms with E-state index in [1.807, 2.05) is 0 Å². The van der Waals surface area contributed by atoms with E-state index in [0.717, 1.165) is 25.0 Å². The second-order valence-electron chi connectivity index (χ2n) is 4.11. The highest BCUT2D eigenvalue weighted by Gasteiger charge is 2.11. The lowest BCUT2D eigenvalue weighted by molar-refractivity contribution is 0.0967. The number of methoxy groups -OCH3 is 1. The molecule has 0 saturated heterocycles. The molecule has 1 aromatic rings. The van der Waals surface area contributed by atoms with Gasteiger partial charge in [0.15, 0.2) is 11.5 Å². The summed E-state index contributed by atoms with van der Waals surface area (Å²) in [5.41, 5.74) is 6.52. The van der Waals surface area contributed by atoms with Crippen molar-refractivity contribution in [1.29, 1.82) is 0 Å². The topological polar surface area (TPSA) is 53.7 Å². The van der Waals surface area contributed by atoms with Crippen molar-refractivity contribution in [1.82, 2.24) is 0 Å². The van der Waals surface area contributed by atoms with Crippen molar-refractivity contribution in [2.75, 3.05) is 26.9 Å². The van der Waals surface area contributed by atoms with E-state index in [0.29, 0.717) is 36.3 Å². The lowest BCUT2D eigenvalue weighted by Gasteiger charge is -2.15. The van der Waals surface area contributed by atoms with Crippen LogP contribution in [0.25, 0.3) is 0 Å². The van der Waals surface area contributed by atoms with Crippen molar-refractivity contribution < 1.29 is 14.2 Å². The molecule has 0 unspecified atom stereocenters. The highest BCUT2D eigenvalue weighted by Crippen LogP contribution is 2.34. The van der Waals surface area contributed by atoms with Crippen LogP contribution in [0.3, 0.4) is 0 Å². The van der Waals surface area contributed by atoms with Gasteiger partial charge in [-0.3, -0.25) is 0 Å². The molecular weight excluding hydrogens is 266 g/mol. The average molecular weight is 288 g/mol. The van der Waals surface area contributed by atoms with Crippen LogP contribution < -0.4 is 15.2 Å². The molecule has 0 atom stereocenters. The van der Waals surface area contributed by atoms with Crippen molar-refractivity contribution in [3.05, 3.63) is 22.7 Å². The van der Waals surface area contributed by atoms with Gasteiger partial charge in [0.1, 0.15) is 6.61 Å². The molecule has 0 amide bonds. The van der Waals surface area contributed by atoms with E-state index < -0.39 is 0 Å². The smallest absolute Gasteiger partial charge is 0.165 e. The van der Waals surface area contributed by atoms with Gasteiger partial charge in [0, 0.05) is 29.8 Å². The molecule has 0 bridgehead atoms. The SMILES string of the molecule is CCCCOCCOc1c(CN)cc(Cl)cc1OC. The van der Waals surface area contributed by atoms with Crippen LogP contribution in [0.2, 0.25) is 5.02 Å². The zero-order chi connectivity index (χ0) is 14.1. The predicted molar refractivity (Wildman–Crippen MR) is 77.1 cm³/mol. The molecule has 0 aliphatic rings. The van der Waals surface area contributed by atoms with Crippen molar-refractivity contribution in [3.63, 3.8) is 0 Å². The summed E-state index contributed by atoms with van der Waals surface area (Å²) in [5.74, 6) is 1.25. The quantitative estimate of drug-likeness (QED) is 0.710. The average Bonchev–Trinajstić information content (AvgIpc) is 2.43. The highest BCUT2D eigenvalue weighted by molar-refractivity contribution is 6.30. The van der Waals surface area contributed by atoms with Crippen LogP contribution in [0.5, 0.6) is 11.5 Å². The zero-order valence-electron chi connectivity index (χ0n) is 11.6. The third-order valence-corrected chi connectivity index (χ3v) is 2.87. The van der Waals surface area contributed by atoms with E-state index >= 15 is 0 Å². The molecule has 0 fully saturated rings. The minimum Gasteiger partial charge on any atom is -0.493 e. The normalized spacial score (nSPS) is 10.5. The van der Waals surface area contributed by atoms with Crippen LogP contribution in [0.1, 0.15) is 25.3 Å². The number of hydrogen-bond acceptors (Lipinski definition) is 4. The Hall–Kier alpha value is -0.970. The number of unbranched alkanes of at least 4 members (excludes halogenated alkanes) is 1. The third kappa shape index (κ3) is 5.27. The Labute approximate surface area is 119 Å². The maximum Gasteiger partial charge on any atom is 0.165 e. The second kappa shape index (κ2) is 9.02. The van der Waals surface area contributed by atoms with Gasteiger partial charge in [-0.15, -0.1) is 0 Å². The van der Waals surface area contributed by atoms with Gasteiger partial charge in [0.2, 0.25) is 0 Å². The van der Waals surface area contributed by atoms with Crippen LogP contribution in [0.4, 0.5) is 0 Å². The molecule has 0 radical (unpaired) electrons. The second-order valence-corrected chi connectivity index (χ2v) is 4.55. The fourth-order valence-corrected chi connectivity index (χ4v) is 1.87. The van der Waals surface area contributed by atoms with Crippen molar-refractivity contribution in [3.8, 4) is 11.5 Å². The minimum absolute atomic E-state index is 0.350. The molecule has 0 spiro atoms. The number of hydrogen-bond donors (Lipinski definition) is 1. The number of halogens is 1. The molecule has 0 aliphatic carbocycles. The van der Waals surface area contributed by atoms with Crippen molar-refractivity contribution in [2.45, 2.75) is 26.3 Å². The van der Waals surface area contributed by atoms with E-state index in [1.54, 1.807) is 19.2 Å².